The molecule has 0 aromatic rings. The van der Waals surface area contributed by atoms with Crippen molar-refractivity contribution in [3.63, 3.8) is 0 Å². The SMILES string of the molecule is CC(CC1CCCN1)NCC1(O)CCOCC1. The fourth-order valence-electron chi connectivity index (χ4n) is 2.76. The molecule has 0 spiro atoms. The highest BCUT2D eigenvalue weighted by atomic mass is 16.5. The molecule has 3 N–H and O–H groups in total. The third-order valence-electron chi connectivity index (χ3n) is 4.00. The second-order valence-corrected chi connectivity index (χ2v) is 5.65. The predicted octanol–water partition coefficient (Wildman–Crippen LogP) is 0.648. The lowest BCUT2D eigenvalue weighted by atomic mass is 9.94. The number of hydrogen-bond donors (Lipinski definition) is 3. The number of ether oxygens (including phenoxy) is 1. The largest absolute Gasteiger partial charge is 0.388 e. The van der Waals surface area contributed by atoms with Gasteiger partial charge in [0, 0.05) is 44.7 Å². The second kappa shape index (κ2) is 6.14. The number of rotatable bonds is 5. The van der Waals surface area contributed by atoms with E-state index in [1.807, 2.05) is 0 Å². The first-order valence-electron chi connectivity index (χ1n) is 6.95. The Labute approximate surface area is 104 Å². The van der Waals surface area contributed by atoms with Crippen LogP contribution < -0.4 is 10.6 Å². The molecule has 2 rings (SSSR count). The molecule has 0 aliphatic carbocycles. The van der Waals surface area contributed by atoms with Gasteiger partial charge in [-0.15, -0.1) is 0 Å². The molecule has 100 valence electrons. The second-order valence-electron chi connectivity index (χ2n) is 5.65. The maximum atomic E-state index is 10.3. The minimum absolute atomic E-state index is 0.470. The first-order chi connectivity index (χ1) is 8.18. The van der Waals surface area contributed by atoms with Crippen LogP contribution in [-0.4, -0.2) is 49.1 Å². The summed E-state index contributed by atoms with van der Waals surface area (Å²) >= 11 is 0. The Balaban J connectivity index is 1.65. The van der Waals surface area contributed by atoms with Gasteiger partial charge in [0.15, 0.2) is 0 Å². The zero-order valence-corrected chi connectivity index (χ0v) is 10.9. The molecule has 2 fully saturated rings. The summed E-state index contributed by atoms with van der Waals surface area (Å²) in [5, 5.41) is 17.3. The first-order valence-corrected chi connectivity index (χ1v) is 6.95. The minimum Gasteiger partial charge on any atom is -0.388 e. The third-order valence-corrected chi connectivity index (χ3v) is 4.00. The zero-order chi connectivity index (χ0) is 12.1. The number of hydrogen-bond acceptors (Lipinski definition) is 4. The third kappa shape index (κ3) is 4.21. The van der Waals surface area contributed by atoms with Gasteiger partial charge in [-0.3, -0.25) is 0 Å². The summed E-state index contributed by atoms with van der Waals surface area (Å²) in [6.45, 7) is 5.46. The highest BCUT2D eigenvalue weighted by Gasteiger charge is 2.30. The van der Waals surface area contributed by atoms with E-state index in [1.54, 1.807) is 0 Å². The monoisotopic (exact) mass is 242 g/mol. The van der Waals surface area contributed by atoms with E-state index in [2.05, 4.69) is 17.6 Å². The van der Waals surface area contributed by atoms with E-state index in [0.717, 1.165) is 19.3 Å². The van der Waals surface area contributed by atoms with E-state index in [9.17, 15) is 5.11 Å². The van der Waals surface area contributed by atoms with Crippen LogP contribution in [0.2, 0.25) is 0 Å². The molecule has 2 saturated heterocycles. The van der Waals surface area contributed by atoms with E-state index < -0.39 is 5.60 Å². The van der Waals surface area contributed by atoms with Gasteiger partial charge in [0.25, 0.3) is 0 Å². The summed E-state index contributed by atoms with van der Waals surface area (Å²) in [5.74, 6) is 0. The maximum absolute atomic E-state index is 10.3. The first kappa shape index (κ1) is 13.3. The van der Waals surface area contributed by atoms with Gasteiger partial charge in [-0.05, 0) is 32.7 Å². The van der Waals surface area contributed by atoms with E-state index >= 15 is 0 Å². The fraction of sp³-hybridized carbons (Fsp3) is 1.00. The Bertz CT molecular complexity index is 223. The standard InChI is InChI=1S/C13H26N2O2/c1-11(9-12-3-2-6-14-12)15-10-13(16)4-7-17-8-5-13/h11-12,14-16H,2-10H2,1H3. The van der Waals surface area contributed by atoms with Crippen molar-refractivity contribution < 1.29 is 9.84 Å². The lowest BCUT2D eigenvalue weighted by Crippen LogP contribution is -2.48. The van der Waals surface area contributed by atoms with Gasteiger partial charge in [0.2, 0.25) is 0 Å². The van der Waals surface area contributed by atoms with E-state index in [1.165, 1.54) is 19.4 Å². The van der Waals surface area contributed by atoms with Crippen LogP contribution in [0, 0.1) is 0 Å². The average molecular weight is 242 g/mol. The molecule has 0 bridgehead atoms. The summed E-state index contributed by atoms with van der Waals surface area (Å²) in [6, 6.07) is 1.14. The van der Waals surface area contributed by atoms with Gasteiger partial charge in [-0.1, -0.05) is 0 Å². The number of aliphatic hydroxyl groups is 1. The zero-order valence-electron chi connectivity index (χ0n) is 10.9. The maximum Gasteiger partial charge on any atom is 0.0815 e. The molecule has 4 heteroatoms. The van der Waals surface area contributed by atoms with Gasteiger partial charge in [-0.25, -0.2) is 0 Å². The quantitative estimate of drug-likeness (QED) is 0.662. The molecule has 2 unspecified atom stereocenters. The molecule has 2 aliphatic heterocycles. The lowest BCUT2D eigenvalue weighted by Gasteiger charge is -2.33. The summed E-state index contributed by atoms with van der Waals surface area (Å²) < 4.78 is 5.28. The van der Waals surface area contributed by atoms with Gasteiger partial charge in [0.05, 0.1) is 5.60 Å². The molecule has 2 aliphatic rings. The molecule has 0 saturated carbocycles. The summed E-state index contributed by atoms with van der Waals surface area (Å²) in [4.78, 5) is 0. The van der Waals surface area contributed by atoms with Crippen LogP contribution in [0.3, 0.4) is 0 Å². The van der Waals surface area contributed by atoms with E-state index in [4.69, 9.17) is 4.74 Å². The highest BCUT2D eigenvalue weighted by Crippen LogP contribution is 2.20. The Morgan fingerprint density at radius 3 is 2.88 bits per heavy atom. The normalized spacial score (nSPS) is 30.4. The van der Waals surface area contributed by atoms with Crippen LogP contribution in [0.15, 0.2) is 0 Å². The predicted molar refractivity (Wildman–Crippen MR) is 68.1 cm³/mol. The van der Waals surface area contributed by atoms with Crippen molar-refractivity contribution in [3.8, 4) is 0 Å². The van der Waals surface area contributed by atoms with Crippen molar-refractivity contribution in [1.82, 2.24) is 10.6 Å². The van der Waals surface area contributed by atoms with Crippen LogP contribution in [0.1, 0.15) is 39.0 Å². The van der Waals surface area contributed by atoms with Crippen molar-refractivity contribution in [3.05, 3.63) is 0 Å². The summed E-state index contributed by atoms with van der Waals surface area (Å²) in [7, 11) is 0. The van der Waals surface area contributed by atoms with Gasteiger partial charge in [-0.2, -0.15) is 0 Å². The Morgan fingerprint density at radius 2 is 2.24 bits per heavy atom. The highest BCUT2D eigenvalue weighted by molar-refractivity contribution is 4.86. The number of nitrogens with one attached hydrogen (secondary N) is 2. The van der Waals surface area contributed by atoms with Crippen molar-refractivity contribution in [1.29, 1.82) is 0 Å². The molecule has 0 aromatic heterocycles. The molecule has 0 amide bonds. The molecular formula is C13H26N2O2. The van der Waals surface area contributed by atoms with Crippen molar-refractivity contribution in [2.45, 2.75) is 56.7 Å². The van der Waals surface area contributed by atoms with Gasteiger partial charge < -0.3 is 20.5 Å². The van der Waals surface area contributed by atoms with Crippen LogP contribution in [-0.2, 0) is 4.74 Å². The Morgan fingerprint density at radius 1 is 1.47 bits per heavy atom. The van der Waals surface area contributed by atoms with Crippen LogP contribution >= 0.6 is 0 Å². The van der Waals surface area contributed by atoms with E-state index in [0.29, 0.717) is 31.8 Å². The van der Waals surface area contributed by atoms with E-state index in [-0.39, 0.29) is 0 Å². The van der Waals surface area contributed by atoms with Gasteiger partial charge >= 0.3 is 0 Å². The molecule has 17 heavy (non-hydrogen) atoms. The van der Waals surface area contributed by atoms with Crippen molar-refractivity contribution in [2.24, 2.45) is 0 Å². The lowest BCUT2D eigenvalue weighted by molar-refractivity contribution is -0.0627. The Hall–Kier alpha value is -0.160. The minimum atomic E-state index is -0.546. The van der Waals surface area contributed by atoms with Crippen molar-refractivity contribution >= 4 is 0 Å². The summed E-state index contributed by atoms with van der Waals surface area (Å²) in [5.41, 5.74) is -0.546. The molecule has 2 heterocycles. The topological polar surface area (TPSA) is 53.5 Å². The molecular weight excluding hydrogens is 216 g/mol. The summed E-state index contributed by atoms with van der Waals surface area (Å²) in [6.07, 6.45) is 5.28. The molecule has 0 aromatic carbocycles. The fourth-order valence-corrected chi connectivity index (χ4v) is 2.76. The molecule has 2 atom stereocenters. The molecule has 0 radical (unpaired) electrons. The average Bonchev–Trinajstić information content (AvgIpc) is 2.80. The Kier molecular flexibility index (Phi) is 4.79. The molecule has 4 nitrogen and oxygen atoms in total. The van der Waals surface area contributed by atoms with Crippen molar-refractivity contribution in [2.75, 3.05) is 26.3 Å². The van der Waals surface area contributed by atoms with Crippen LogP contribution in [0.5, 0.6) is 0 Å². The van der Waals surface area contributed by atoms with Crippen LogP contribution in [0.4, 0.5) is 0 Å². The smallest absolute Gasteiger partial charge is 0.0815 e. The van der Waals surface area contributed by atoms with Gasteiger partial charge in [0.1, 0.15) is 0 Å². The van der Waals surface area contributed by atoms with Crippen LogP contribution in [0.25, 0.3) is 0 Å².